The first-order valence-electron chi connectivity index (χ1n) is 8.51. The molecular formula is C21H18N4O2. The lowest BCUT2D eigenvalue weighted by Crippen LogP contribution is -2.06. The van der Waals surface area contributed by atoms with Crippen molar-refractivity contribution in [3.63, 3.8) is 0 Å². The van der Waals surface area contributed by atoms with Gasteiger partial charge < -0.3 is 9.43 Å². The van der Waals surface area contributed by atoms with Gasteiger partial charge in [-0.25, -0.2) is 9.48 Å². The minimum Gasteiger partial charge on any atom is -0.422 e. The smallest absolute Gasteiger partial charge is 0.345 e. The average Bonchev–Trinajstić information content (AvgIpc) is 3.10. The molecule has 0 radical (unpaired) electrons. The maximum Gasteiger partial charge on any atom is 0.345 e. The molecule has 0 aliphatic carbocycles. The van der Waals surface area contributed by atoms with Crippen molar-refractivity contribution in [2.75, 3.05) is 14.1 Å². The van der Waals surface area contributed by atoms with Gasteiger partial charge >= 0.3 is 5.63 Å². The van der Waals surface area contributed by atoms with E-state index in [1.54, 1.807) is 22.0 Å². The van der Waals surface area contributed by atoms with E-state index in [0.717, 1.165) is 16.6 Å². The Labute approximate surface area is 156 Å². The quantitative estimate of drug-likeness (QED) is 0.318. The maximum absolute atomic E-state index is 12.6. The summed E-state index contributed by atoms with van der Waals surface area (Å²) in [7, 11) is 3.67. The van der Waals surface area contributed by atoms with Gasteiger partial charge in [-0.1, -0.05) is 36.4 Å². The van der Waals surface area contributed by atoms with Crippen molar-refractivity contribution >= 4 is 17.2 Å². The SMILES string of the molecule is CN(C)N=Cc1cn(-c2ccccc2)nc1-c1cc2ccccc2oc1=O. The van der Waals surface area contributed by atoms with Crippen molar-refractivity contribution in [1.29, 1.82) is 0 Å². The first kappa shape index (κ1) is 16.8. The van der Waals surface area contributed by atoms with Crippen LogP contribution in [0, 0.1) is 0 Å². The summed E-state index contributed by atoms with van der Waals surface area (Å²) in [5.41, 5.74) is 2.69. The van der Waals surface area contributed by atoms with E-state index in [-0.39, 0.29) is 0 Å². The lowest BCUT2D eigenvalue weighted by atomic mass is 10.1. The fourth-order valence-electron chi connectivity index (χ4n) is 2.81. The summed E-state index contributed by atoms with van der Waals surface area (Å²) in [6, 6.07) is 19.0. The van der Waals surface area contributed by atoms with Crippen LogP contribution in [0.1, 0.15) is 5.56 Å². The maximum atomic E-state index is 12.6. The van der Waals surface area contributed by atoms with Crippen LogP contribution in [0.4, 0.5) is 0 Å². The molecule has 0 aliphatic heterocycles. The van der Waals surface area contributed by atoms with Crippen molar-refractivity contribution in [2.24, 2.45) is 5.10 Å². The number of para-hydroxylation sites is 2. The molecule has 0 saturated heterocycles. The van der Waals surface area contributed by atoms with Crippen LogP contribution in [0.5, 0.6) is 0 Å². The van der Waals surface area contributed by atoms with Crippen LogP contribution in [-0.4, -0.2) is 35.1 Å². The minimum atomic E-state index is -0.425. The zero-order chi connectivity index (χ0) is 18.8. The van der Waals surface area contributed by atoms with Crippen LogP contribution in [0.2, 0.25) is 0 Å². The number of benzene rings is 2. The molecule has 0 unspecified atom stereocenters. The second-order valence-corrected chi connectivity index (χ2v) is 6.29. The van der Waals surface area contributed by atoms with Gasteiger partial charge in [-0.3, -0.25) is 0 Å². The summed E-state index contributed by atoms with van der Waals surface area (Å²) in [5, 5.41) is 11.5. The van der Waals surface area contributed by atoms with E-state index in [0.29, 0.717) is 16.8 Å². The number of hydrogen-bond donors (Lipinski definition) is 0. The minimum absolute atomic E-state index is 0.406. The Kier molecular flexibility index (Phi) is 4.30. The number of fused-ring (bicyclic) bond motifs is 1. The molecule has 2 heterocycles. The van der Waals surface area contributed by atoms with E-state index in [1.807, 2.05) is 74.9 Å². The Morgan fingerprint density at radius 2 is 1.81 bits per heavy atom. The topological polar surface area (TPSA) is 63.6 Å². The van der Waals surface area contributed by atoms with E-state index in [2.05, 4.69) is 10.2 Å². The van der Waals surface area contributed by atoms with Crippen molar-refractivity contribution in [3.8, 4) is 16.9 Å². The number of hydrogen-bond acceptors (Lipinski definition) is 5. The van der Waals surface area contributed by atoms with Gasteiger partial charge in [-0.2, -0.15) is 10.2 Å². The molecule has 6 heteroatoms. The van der Waals surface area contributed by atoms with Gasteiger partial charge in [0.2, 0.25) is 0 Å². The van der Waals surface area contributed by atoms with E-state index >= 15 is 0 Å². The summed E-state index contributed by atoms with van der Waals surface area (Å²) < 4.78 is 7.22. The highest BCUT2D eigenvalue weighted by Gasteiger charge is 2.16. The molecule has 0 fully saturated rings. The molecular weight excluding hydrogens is 340 g/mol. The lowest BCUT2D eigenvalue weighted by Gasteiger charge is -2.03. The normalized spacial score (nSPS) is 11.3. The average molecular weight is 358 g/mol. The lowest BCUT2D eigenvalue weighted by molar-refractivity contribution is 0.440. The second kappa shape index (κ2) is 6.92. The molecule has 2 aromatic carbocycles. The van der Waals surface area contributed by atoms with Gasteiger partial charge in [-0.05, 0) is 24.3 Å². The molecule has 0 aliphatic rings. The molecule has 0 N–H and O–H groups in total. The Hall–Kier alpha value is -3.67. The molecule has 2 aromatic heterocycles. The Balaban J connectivity index is 1.92. The van der Waals surface area contributed by atoms with Crippen molar-refractivity contribution in [3.05, 3.63) is 82.8 Å². The molecule has 27 heavy (non-hydrogen) atoms. The van der Waals surface area contributed by atoms with Gasteiger partial charge in [0.15, 0.2) is 0 Å². The number of nitrogens with zero attached hydrogens (tertiary/aromatic N) is 4. The third kappa shape index (κ3) is 3.37. The van der Waals surface area contributed by atoms with E-state index in [4.69, 9.17) is 4.42 Å². The molecule has 0 amide bonds. The summed E-state index contributed by atoms with van der Waals surface area (Å²) in [6.07, 6.45) is 3.54. The first-order valence-corrected chi connectivity index (χ1v) is 8.51. The van der Waals surface area contributed by atoms with Crippen LogP contribution in [-0.2, 0) is 0 Å². The van der Waals surface area contributed by atoms with Gasteiger partial charge in [0.1, 0.15) is 11.3 Å². The Bertz CT molecular complexity index is 1170. The van der Waals surface area contributed by atoms with E-state index in [1.165, 1.54) is 0 Å². The molecule has 4 aromatic rings. The molecule has 134 valence electrons. The number of rotatable bonds is 4. The van der Waals surface area contributed by atoms with Gasteiger partial charge in [-0.15, -0.1) is 0 Å². The van der Waals surface area contributed by atoms with Crippen LogP contribution >= 0.6 is 0 Å². The molecule has 0 bridgehead atoms. The zero-order valence-corrected chi connectivity index (χ0v) is 15.0. The third-order valence-electron chi connectivity index (χ3n) is 4.09. The predicted octanol–water partition coefficient (Wildman–Crippen LogP) is 3.54. The van der Waals surface area contributed by atoms with E-state index < -0.39 is 5.63 Å². The van der Waals surface area contributed by atoms with Crippen LogP contribution < -0.4 is 5.63 Å². The van der Waals surface area contributed by atoms with Gasteiger partial charge in [0.25, 0.3) is 0 Å². The zero-order valence-electron chi connectivity index (χ0n) is 15.0. The largest absolute Gasteiger partial charge is 0.422 e. The highest BCUT2D eigenvalue weighted by molar-refractivity contribution is 5.90. The van der Waals surface area contributed by atoms with Crippen LogP contribution in [0.15, 0.2) is 81.2 Å². The van der Waals surface area contributed by atoms with Crippen molar-refractivity contribution in [2.45, 2.75) is 0 Å². The summed E-state index contributed by atoms with van der Waals surface area (Å²) in [6.45, 7) is 0. The molecule has 0 saturated carbocycles. The Morgan fingerprint density at radius 3 is 2.59 bits per heavy atom. The van der Waals surface area contributed by atoms with Gasteiger partial charge in [0.05, 0.1) is 17.5 Å². The van der Waals surface area contributed by atoms with Crippen LogP contribution in [0.25, 0.3) is 27.9 Å². The molecule has 0 atom stereocenters. The third-order valence-corrected chi connectivity index (χ3v) is 4.09. The van der Waals surface area contributed by atoms with E-state index in [9.17, 15) is 4.79 Å². The summed E-state index contributed by atoms with van der Waals surface area (Å²) in [5.74, 6) is 0. The number of aromatic nitrogens is 2. The van der Waals surface area contributed by atoms with Crippen LogP contribution in [0.3, 0.4) is 0 Å². The molecule has 6 nitrogen and oxygen atoms in total. The van der Waals surface area contributed by atoms with Crippen molar-refractivity contribution in [1.82, 2.24) is 14.8 Å². The predicted molar refractivity (Wildman–Crippen MR) is 106 cm³/mol. The highest BCUT2D eigenvalue weighted by Crippen LogP contribution is 2.23. The summed E-state index contributed by atoms with van der Waals surface area (Å²) >= 11 is 0. The monoisotopic (exact) mass is 358 g/mol. The van der Waals surface area contributed by atoms with Gasteiger partial charge in [0, 0.05) is 31.2 Å². The fraction of sp³-hybridized carbons (Fsp3) is 0.0952. The first-order chi connectivity index (χ1) is 13.1. The molecule has 0 spiro atoms. The standard InChI is InChI=1S/C21H18N4O2/c1-24(2)22-13-16-14-25(17-9-4-3-5-10-17)23-20(16)18-12-15-8-6-7-11-19(15)27-21(18)26/h3-14H,1-2H3. The Morgan fingerprint density at radius 1 is 1.07 bits per heavy atom. The number of hydrazone groups is 1. The highest BCUT2D eigenvalue weighted by atomic mass is 16.4. The molecule has 4 rings (SSSR count). The second-order valence-electron chi connectivity index (χ2n) is 6.29. The summed E-state index contributed by atoms with van der Waals surface area (Å²) in [4.78, 5) is 12.6. The van der Waals surface area contributed by atoms with Crippen molar-refractivity contribution < 1.29 is 4.42 Å². The fourth-order valence-corrected chi connectivity index (χ4v) is 2.81.